The number of hydrogen-bond acceptors (Lipinski definition) is 3. The highest BCUT2D eigenvalue weighted by Crippen LogP contribution is 2.29. The van der Waals surface area contributed by atoms with Crippen LogP contribution in [0.3, 0.4) is 0 Å². The van der Waals surface area contributed by atoms with Crippen molar-refractivity contribution in [3.8, 4) is 0 Å². The molecule has 2 aromatic carbocycles. The van der Waals surface area contributed by atoms with Gasteiger partial charge in [-0.05, 0) is 35.7 Å². The lowest BCUT2D eigenvalue weighted by Crippen LogP contribution is -2.15. The van der Waals surface area contributed by atoms with Crippen molar-refractivity contribution >= 4 is 11.6 Å². The lowest BCUT2D eigenvalue weighted by molar-refractivity contribution is -0.137. The number of halogens is 3. The van der Waals surface area contributed by atoms with Crippen molar-refractivity contribution in [3.05, 3.63) is 70.8 Å². The van der Waals surface area contributed by atoms with Gasteiger partial charge in [-0.15, -0.1) is 0 Å². The maximum atomic E-state index is 12.7. The first-order valence-corrected chi connectivity index (χ1v) is 7.46. The number of rotatable bonds is 6. The summed E-state index contributed by atoms with van der Waals surface area (Å²) >= 11 is 0. The summed E-state index contributed by atoms with van der Waals surface area (Å²) in [6.07, 6.45) is -4.33. The number of amides is 1. The van der Waals surface area contributed by atoms with Gasteiger partial charge in [-0.25, -0.2) is 0 Å². The number of primary amides is 1. The summed E-state index contributed by atoms with van der Waals surface area (Å²) in [5, 5.41) is 3.87. The second-order valence-electron chi connectivity index (χ2n) is 5.44. The molecule has 0 aliphatic heterocycles. The Hall–Kier alpha value is -2.83. The molecule has 25 heavy (non-hydrogen) atoms. The predicted octanol–water partition coefficient (Wildman–Crippen LogP) is 3.67. The number of alkyl halides is 3. The molecule has 0 atom stereocenters. The molecule has 7 heteroatoms. The summed E-state index contributed by atoms with van der Waals surface area (Å²) in [7, 11) is 0. The highest BCUT2D eigenvalue weighted by molar-refractivity contribution is 5.98. The van der Waals surface area contributed by atoms with Gasteiger partial charge >= 0.3 is 6.18 Å². The number of nitrogens with zero attached hydrogens (tertiary/aromatic N) is 1. The Kier molecular flexibility index (Phi) is 5.80. The van der Waals surface area contributed by atoms with Crippen LogP contribution in [0.1, 0.15) is 29.2 Å². The minimum atomic E-state index is -4.41. The molecular weight excluding hydrogens is 333 g/mol. The number of nitrogens with two attached hydrogens (primary N) is 1. The predicted molar refractivity (Wildman–Crippen MR) is 87.8 cm³/mol. The summed E-state index contributed by atoms with van der Waals surface area (Å²) in [6, 6.07) is 11.9. The second-order valence-corrected chi connectivity index (χ2v) is 5.44. The first-order valence-electron chi connectivity index (χ1n) is 7.46. The van der Waals surface area contributed by atoms with E-state index < -0.39 is 17.6 Å². The average Bonchev–Trinajstić information content (AvgIpc) is 2.55. The summed E-state index contributed by atoms with van der Waals surface area (Å²) in [5.74, 6) is -0.462. The van der Waals surface area contributed by atoms with Gasteiger partial charge in [0.05, 0.1) is 17.7 Å². The van der Waals surface area contributed by atoms with Crippen LogP contribution in [0.2, 0.25) is 0 Å². The normalized spacial score (nSPS) is 12.1. The zero-order valence-corrected chi connectivity index (χ0v) is 13.5. The fraction of sp³-hybridized carbons (Fsp3) is 0.222. The van der Waals surface area contributed by atoms with E-state index in [0.29, 0.717) is 11.3 Å². The van der Waals surface area contributed by atoms with Crippen LogP contribution in [0.4, 0.5) is 13.2 Å². The zero-order chi connectivity index (χ0) is 18.4. The molecule has 0 aromatic heterocycles. The molecule has 132 valence electrons. The SMILES string of the molecule is C/C(=N\OCc1ccccc1CC(N)=O)c1cccc(C(F)(F)F)c1. The molecule has 2 N–H and O–H groups in total. The van der Waals surface area contributed by atoms with Gasteiger partial charge in [0.15, 0.2) is 0 Å². The fourth-order valence-corrected chi connectivity index (χ4v) is 2.23. The third kappa shape index (κ3) is 5.34. The molecule has 0 saturated carbocycles. The van der Waals surface area contributed by atoms with Gasteiger partial charge in [-0.1, -0.05) is 41.6 Å². The first kappa shape index (κ1) is 18.5. The largest absolute Gasteiger partial charge is 0.416 e. The molecule has 0 fully saturated rings. The Morgan fingerprint density at radius 3 is 2.44 bits per heavy atom. The quantitative estimate of drug-likeness (QED) is 0.638. The number of hydrogen-bond donors (Lipinski definition) is 1. The molecular formula is C18H17F3N2O2. The van der Waals surface area contributed by atoms with Crippen molar-refractivity contribution in [1.82, 2.24) is 0 Å². The molecule has 2 aromatic rings. The van der Waals surface area contributed by atoms with Crippen molar-refractivity contribution in [2.24, 2.45) is 10.9 Å². The summed E-state index contributed by atoms with van der Waals surface area (Å²) in [4.78, 5) is 16.3. The Bertz CT molecular complexity index is 786. The van der Waals surface area contributed by atoms with Crippen LogP contribution < -0.4 is 5.73 Å². The van der Waals surface area contributed by atoms with Crippen molar-refractivity contribution < 1.29 is 22.8 Å². The molecule has 0 radical (unpaired) electrons. The molecule has 0 aliphatic carbocycles. The van der Waals surface area contributed by atoms with Crippen molar-refractivity contribution in [2.75, 3.05) is 0 Å². The van der Waals surface area contributed by atoms with Crippen LogP contribution in [0.25, 0.3) is 0 Å². The molecule has 0 spiro atoms. The Morgan fingerprint density at radius 1 is 1.12 bits per heavy atom. The number of oxime groups is 1. The maximum absolute atomic E-state index is 12.7. The fourth-order valence-electron chi connectivity index (χ4n) is 2.23. The van der Waals surface area contributed by atoms with Crippen LogP contribution in [0.5, 0.6) is 0 Å². The van der Waals surface area contributed by atoms with Gasteiger partial charge in [0.1, 0.15) is 6.61 Å². The number of benzene rings is 2. The minimum absolute atomic E-state index is 0.0792. The topological polar surface area (TPSA) is 64.7 Å². The van der Waals surface area contributed by atoms with E-state index in [1.165, 1.54) is 12.1 Å². The van der Waals surface area contributed by atoms with Gasteiger partial charge in [0.2, 0.25) is 5.91 Å². The molecule has 2 rings (SSSR count). The van der Waals surface area contributed by atoms with E-state index in [2.05, 4.69) is 5.16 Å². The van der Waals surface area contributed by atoms with Crippen molar-refractivity contribution in [1.29, 1.82) is 0 Å². The van der Waals surface area contributed by atoms with Gasteiger partial charge in [-0.2, -0.15) is 13.2 Å². The highest BCUT2D eigenvalue weighted by Gasteiger charge is 2.30. The van der Waals surface area contributed by atoms with E-state index in [0.717, 1.165) is 23.3 Å². The van der Waals surface area contributed by atoms with Crippen molar-refractivity contribution in [2.45, 2.75) is 26.1 Å². The minimum Gasteiger partial charge on any atom is -0.391 e. The maximum Gasteiger partial charge on any atom is 0.416 e. The molecule has 0 heterocycles. The smallest absolute Gasteiger partial charge is 0.391 e. The standard InChI is InChI=1S/C18H17F3N2O2/c1-12(13-7-4-8-16(9-13)18(19,20)21)23-25-11-15-6-3-2-5-14(15)10-17(22)24/h2-9H,10-11H2,1H3,(H2,22,24)/b23-12+. The van der Waals surface area contributed by atoms with Gasteiger partial charge in [0, 0.05) is 0 Å². The Balaban J connectivity index is 2.09. The summed E-state index contributed by atoms with van der Waals surface area (Å²) in [5.41, 5.74) is 6.55. The van der Waals surface area contributed by atoms with Crippen LogP contribution >= 0.6 is 0 Å². The van der Waals surface area contributed by atoms with Crippen LogP contribution in [0, 0.1) is 0 Å². The van der Waals surface area contributed by atoms with E-state index >= 15 is 0 Å². The summed E-state index contributed by atoms with van der Waals surface area (Å²) in [6.45, 7) is 1.64. The third-order valence-electron chi connectivity index (χ3n) is 3.51. The van der Waals surface area contributed by atoms with Gasteiger partial charge in [-0.3, -0.25) is 4.79 Å². The van der Waals surface area contributed by atoms with E-state index in [1.54, 1.807) is 31.2 Å². The number of carbonyl (C=O) groups is 1. The zero-order valence-electron chi connectivity index (χ0n) is 13.5. The Labute approximate surface area is 143 Å². The van der Waals surface area contributed by atoms with Gasteiger partial charge in [0.25, 0.3) is 0 Å². The van der Waals surface area contributed by atoms with E-state index in [-0.39, 0.29) is 13.0 Å². The molecule has 0 unspecified atom stereocenters. The lowest BCUT2D eigenvalue weighted by Gasteiger charge is -2.09. The number of carbonyl (C=O) groups excluding carboxylic acids is 1. The third-order valence-corrected chi connectivity index (χ3v) is 3.51. The van der Waals surface area contributed by atoms with Crippen LogP contribution in [-0.4, -0.2) is 11.6 Å². The van der Waals surface area contributed by atoms with Crippen LogP contribution in [-0.2, 0) is 28.8 Å². The lowest BCUT2D eigenvalue weighted by atomic mass is 10.1. The van der Waals surface area contributed by atoms with Gasteiger partial charge < -0.3 is 10.6 Å². The molecule has 4 nitrogen and oxygen atoms in total. The average molecular weight is 350 g/mol. The summed E-state index contributed by atoms with van der Waals surface area (Å²) < 4.78 is 38.2. The molecule has 1 amide bonds. The van der Waals surface area contributed by atoms with Crippen molar-refractivity contribution in [3.63, 3.8) is 0 Å². The Morgan fingerprint density at radius 2 is 1.80 bits per heavy atom. The second kappa shape index (κ2) is 7.83. The van der Waals surface area contributed by atoms with E-state index in [4.69, 9.17) is 10.6 Å². The van der Waals surface area contributed by atoms with Crippen LogP contribution in [0.15, 0.2) is 53.7 Å². The monoisotopic (exact) mass is 350 g/mol. The molecule has 0 bridgehead atoms. The van der Waals surface area contributed by atoms with E-state index in [9.17, 15) is 18.0 Å². The van der Waals surface area contributed by atoms with E-state index in [1.807, 2.05) is 0 Å². The molecule has 0 aliphatic rings. The highest BCUT2D eigenvalue weighted by atomic mass is 19.4. The molecule has 0 saturated heterocycles. The first-order chi connectivity index (χ1) is 11.8.